The molecule has 4 atom stereocenters. The highest BCUT2D eigenvalue weighted by Gasteiger charge is 2.36. The van der Waals surface area contributed by atoms with Gasteiger partial charge in [-0.2, -0.15) is 0 Å². The van der Waals surface area contributed by atoms with E-state index in [4.69, 9.17) is 25.8 Å². The average molecular weight is 577 g/mol. The Labute approximate surface area is 241 Å². The third-order valence-electron chi connectivity index (χ3n) is 6.61. The molecule has 1 aliphatic rings. The van der Waals surface area contributed by atoms with Gasteiger partial charge in [-0.1, -0.05) is 50.6 Å². The first-order chi connectivity index (χ1) is 18.8. The molecule has 1 heterocycles. The highest BCUT2D eigenvalue weighted by atomic mass is 35.5. The number of esters is 2. The second-order valence-electron chi connectivity index (χ2n) is 11.1. The van der Waals surface area contributed by atoms with Gasteiger partial charge in [0, 0.05) is 25.3 Å². The molecular formula is C30H41ClN2O7. The summed E-state index contributed by atoms with van der Waals surface area (Å²) in [6.07, 6.45) is 3.41. The van der Waals surface area contributed by atoms with E-state index < -0.39 is 47.4 Å². The van der Waals surface area contributed by atoms with Crippen LogP contribution in [0.1, 0.15) is 53.0 Å². The Bertz CT molecular complexity index is 1120. The summed E-state index contributed by atoms with van der Waals surface area (Å²) in [5.41, 5.74) is -0.472. The summed E-state index contributed by atoms with van der Waals surface area (Å²) in [4.78, 5) is 52.3. The molecule has 0 saturated carbocycles. The lowest BCUT2D eigenvalue weighted by atomic mass is 9.93. The van der Waals surface area contributed by atoms with Gasteiger partial charge in [-0.05, 0) is 50.0 Å². The van der Waals surface area contributed by atoms with Crippen LogP contribution in [-0.4, -0.2) is 55.7 Å². The van der Waals surface area contributed by atoms with Crippen LogP contribution in [0.3, 0.4) is 0 Å². The minimum atomic E-state index is -1.17. The molecule has 2 amide bonds. The lowest BCUT2D eigenvalue weighted by Crippen LogP contribution is -2.51. The van der Waals surface area contributed by atoms with Gasteiger partial charge in [-0.15, -0.1) is 6.58 Å². The lowest BCUT2D eigenvalue weighted by molar-refractivity contribution is -0.178. The van der Waals surface area contributed by atoms with Gasteiger partial charge in [0.25, 0.3) is 0 Å². The van der Waals surface area contributed by atoms with E-state index in [0.717, 1.165) is 0 Å². The van der Waals surface area contributed by atoms with Gasteiger partial charge in [0.15, 0.2) is 6.10 Å². The van der Waals surface area contributed by atoms with E-state index in [1.54, 1.807) is 44.2 Å². The van der Waals surface area contributed by atoms with Crippen LogP contribution in [0, 0.1) is 17.3 Å². The van der Waals surface area contributed by atoms with Crippen molar-refractivity contribution in [3.63, 3.8) is 0 Å². The van der Waals surface area contributed by atoms with Crippen LogP contribution in [0.5, 0.6) is 5.75 Å². The molecule has 0 bridgehead atoms. The molecular weight excluding hydrogens is 536 g/mol. The lowest BCUT2D eigenvalue weighted by Gasteiger charge is -2.29. The van der Waals surface area contributed by atoms with E-state index in [1.165, 1.54) is 13.2 Å². The van der Waals surface area contributed by atoms with Crippen LogP contribution in [0.2, 0.25) is 5.02 Å². The zero-order chi connectivity index (χ0) is 30.0. The summed E-state index contributed by atoms with van der Waals surface area (Å²) >= 11 is 6.26. The largest absolute Gasteiger partial charge is 0.495 e. The maximum Gasteiger partial charge on any atom is 0.347 e. The second-order valence-corrected chi connectivity index (χ2v) is 11.5. The Morgan fingerprint density at radius 2 is 1.88 bits per heavy atom. The van der Waals surface area contributed by atoms with Crippen molar-refractivity contribution < 1.29 is 33.4 Å². The highest BCUT2D eigenvalue weighted by Crippen LogP contribution is 2.26. The van der Waals surface area contributed by atoms with Crippen LogP contribution in [-0.2, 0) is 35.1 Å². The fourth-order valence-electron chi connectivity index (χ4n) is 3.97. The number of rotatable bonds is 7. The van der Waals surface area contributed by atoms with Gasteiger partial charge < -0.3 is 24.8 Å². The number of hydrogen-bond acceptors (Lipinski definition) is 7. The monoisotopic (exact) mass is 576 g/mol. The van der Waals surface area contributed by atoms with E-state index in [-0.39, 0.29) is 37.6 Å². The quantitative estimate of drug-likeness (QED) is 0.369. The van der Waals surface area contributed by atoms with Crippen molar-refractivity contribution >= 4 is 35.4 Å². The van der Waals surface area contributed by atoms with E-state index in [9.17, 15) is 19.2 Å². The predicted molar refractivity (Wildman–Crippen MR) is 153 cm³/mol. The molecule has 0 aromatic heterocycles. The summed E-state index contributed by atoms with van der Waals surface area (Å²) in [5, 5.41) is 5.84. The molecule has 1 aromatic carbocycles. The van der Waals surface area contributed by atoms with Crippen LogP contribution in [0.4, 0.5) is 0 Å². The van der Waals surface area contributed by atoms with Crippen molar-refractivity contribution in [3.8, 4) is 5.75 Å². The summed E-state index contributed by atoms with van der Waals surface area (Å²) in [7, 11) is 1.50. The topological polar surface area (TPSA) is 120 Å². The van der Waals surface area contributed by atoms with E-state index in [0.29, 0.717) is 16.3 Å². The number of nitrogens with one attached hydrogen (secondary N) is 2. The Morgan fingerprint density at radius 1 is 1.18 bits per heavy atom. The zero-order valence-electron chi connectivity index (χ0n) is 24.1. The van der Waals surface area contributed by atoms with Gasteiger partial charge in [-0.25, -0.2) is 4.79 Å². The minimum absolute atomic E-state index is 0.0462. The van der Waals surface area contributed by atoms with E-state index in [1.807, 2.05) is 20.8 Å². The first-order valence-electron chi connectivity index (χ1n) is 13.4. The molecule has 40 heavy (non-hydrogen) atoms. The normalized spacial score (nSPS) is 24.2. The molecule has 0 aliphatic carbocycles. The molecule has 9 nitrogen and oxygen atoms in total. The number of hydrogen-bond donors (Lipinski definition) is 2. The molecule has 0 spiro atoms. The number of cyclic esters (lactones) is 2. The van der Waals surface area contributed by atoms with Crippen molar-refractivity contribution in [2.24, 2.45) is 17.3 Å². The number of methoxy groups -OCH3 is 1. The Morgan fingerprint density at radius 3 is 2.48 bits per heavy atom. The van der Waals surface area contributed by atoms with Gasteiger partial charge in [0.2, 0.25) is 11.8 Å². The highest BCUT2D eigenvalue weighted by molar-refractivity contribution is 6.32. The summed E-state index contributed by atoms with van der Waals surface area (Å²) in [5.74, 6) is -2.01. The van der Waals surface area contributed by atoms with Crippen molar-refractivity contribution in [1.82, 2.24) is 10.6 Å². The van der Waals surface area contributed by atoms with Crippen LogP contribution in [0.15, 0.2) is 43.0 Å². The third-order valence-corrected chi connectivity index (χ3v) is 6.90. The number of halogens is 1. The molecule has 220 valence electrons. The molecule has 10 heteroatoms. The van der Waals surface area contributed by atoms with Crippen LogP contribution >= 0.6 is 11.6 Å². The van der Waals surface area contributed by atoms with E-state index in [2.05, 4.69) is 17.2 Å². The Hall–Kier alpha value is -3.33. The number of ether oxygens (including phenoxy) is 3. The molecule has 2 rings (SSSR count). The number of amides is 2. The molecule has 0 unspecified atom stereocenters. The summed E-state index contributed by atoms with van der Waals surface area (Å²) in [6, 6.07) is 4.14. The first kappa shape index (κ1) is 32.9. The maximum atomic E-state index is 13.3. The fourth-order valence-corrected chi connectivity index (χ4v) is 4.25. The molecule has 1 aromatic rings. The third kappa shape index (κ3) is 9.70. The second kappa shape index (κ2) is 14.9. The molecule has 2 N–H and O–H groups in total. The van der Waals surface area contributed by atoms with Crippen LogP contribution in [0.25, 0.3) is 0 Å². The molecule has 0 fully saturated rings. The first-order valence-corrected chi connectivity index (χ1v) is 13.8. The van der Waals surface area contributed by atoms with Crippen molar-refractivity contribution in [1.29, 1.82) is 0 Å². The Balaban J connectivity index is 2.41. The van der Waals surface area contributed by atoms with Gasteiger partial charge in [-0.3, -0.25) is 14.4 Å². The molecule has 1 aliphatic heterocycles. The number of carbonyl (C=O) groups excluding carboxylic acids is 4. The smallest absolute Gasteiger partial charge is 0.347 e. The zero-order valence-corrected chi connectivity index (χ0v) is 24.9. The minimum Gasteiger partial charge on any atom is -0.495 e. The standard InChI is InChI=1S/C30H41ClN2O7/c1-8-19(4)23-10-9-11-26(34)33-22(16-20-12-13-24(38-7)21(31)15-20)27(35)32-17-30(5,6)29(37)40-25(14-18(2)3)28(36)39-23/h8-9,11-13,15,18-19,22-23,25H,1,10,14,16-17H2,2-7H3,(H,32,35)(H,33,34)/b11-9+/t19-,22-,23+,25+/m1/s1. The van der Waals surface area contributed by atoms with Crippen LogP contribution < -0.4 is 15.4 Å². The fraction of sp³-hybridized carbons (Fsp3) is 0.533. The van der Waals surface area contributed by atoms with Gasteiger partial charge >= 0.3 is 11.9 Å². The summed E-state index contributed by atoms with van der Waals surface area (Å²) in [6.45, 7) is 12.6. The molecule has 0 saturated heterocycles. The number of benzene rings is 1. The van der Waals surface area contributed by atoms with Crippen molar-refractivity contribution in [2.45, 2.75) is 72.1 Å². The SMILES string of the molecule is C=C[C@@H](C)[C@@H]1C/C=C/C(=O)N[C@H](Cc2ccc(OC)c(Cl)c2)C(=O)NCC(C)(C)C(=O)O[C@@H](CC(C)C)C(=O)O1. The predicted octanol–water partition coefficient (Wildman–Crippen LogP) is 4.17. The average Bonchev–Trinajstić information content (AvgIpc) is 2.89. The van der Waals surface area contributed by atoms with Crippen molar-refractivity contribution in [2.75, 3.05) is 13.7 Å². The van der Waals surface area contributed by atoms with Crippen molar-refractivity contribution in [3.05, 3.63) is 53.6 Å². The van der Waals surface area contributed by atoms with Gasteiger partial charge in [0.05, 0.1) is 17.5 Å². The summed E-state index contributed by atoms with van der Waals surface area (Å²) < 4.78 is 16.6. The van der Waals surface area contributed by atoms with Gasteiger partial charge in [0.1, 0.15) is 17.9 Å². The maximum absolute atomic E-state index is 13.3. The number of carbonyl (C=O) groups is 4. The molecule has 0 radical (unpaired) electrons. The Kier molecular flexibility index (Phi) is 12.2. The van der Waals surface area contributed by atoms with E-state index >= 15 is 0 Å².